The SMILES string of the molecule is C=C(/C=C(\C=NC)[C@@H]1CCCN1)c1c[nH]c2ccccc12. The van der Waals surface area contributed by atoms with Gasteiger partial charge in [0, 0.05) is 42.0 Å². The Morgan fingerprint density at radius 3 is 3.00 bits per heavy atom. The van der Waals surface area contributed by atoms with Gasteiger partial charge in [-0.1, -0.05) is 24.8 Å². The second-order valence-corrected chi connectivity index (χ2v) is 5.45. The molecule has 2 heterocycles. The quantitative estimate of drug-likeness (QED) is 0.652. The van der Waals surface area contributed by atoms with Gasteiger partial charge < -0.3 is 10.3 Å². The van der Waals surface area contributed by atoms with Gasteiger partial charge in [0.25, 0.3) is 0 Å². The molecule has 21 heavy (non-hydrogen) atoms. The van der Waals surface area contributed by atoms with Crippen molar-refractivity contribution in [3.8, 4) is 0 Å². The first-order valence-corrected chi connectivity index (χ1v) is 7.42. The number of aliphatic imine (C=N–C) groups is 1. The van der Waals surface area contributed by atoms with Crippen molar-refractivity contribution < 1.29 is 0 Å². The molecule has 0 spiro atoms. The van der Waals surface area contributed by atoms with Crippen molar-refractivity contribution in [2.24, 2.45) is 4.99 Å². The summed E-state index contributed by atoms with van der Waals surface area (Å²) in [6.07, 6.45) is 8.53. The van der Waals surface area contributed by atoms with Crippen LogP contribution < -0.4 is 5.32 Å². The first-order valence-electron chi connectivity index (χ1n) is 7.42. The number of nitrogens with zero attached hydrogens (tertiary/aromatic N) is 1. The summed E-state index contributed by atoms with van der Waals surface area (Å²) in [7, 11) is 1.82. The number of hydrogen-bond donors (Lipinski definition) is 2. The number of rotatable bonds is 4. The first kappa shape index (κ1) is 13.8. The molecule has 1 saturated heterocycles. The Kier molecular flexibility index (Phi) is 4.02. The number of aromatic amines is 1. The monoisotopic (exact) mass is 279 g/mol. The van der Waals surface area contributed by atoms with Crippen molar-refractivity contribution in [2.75, 3.05) is 13.6 Å². The van der Waals surface area contributed by atoms with Gasteiger partial charge >= 0.3 is 0 Å². The van der Waals surface area contributed by atoms with Crippen LogP contribution in [0, 0.1) is 0 Å². The summed E-state index contributed by atoms with van der Waals surface area (Å²) in [5.74, 6) is 0. The summed E-state index contributed by atoms with van der Waals surface area (Å²) < 4.78 is 0. The maximum atomic E-state index is 4.25. The normalized spacial score (nSPS) is 19.7. The molecule has 3 rings (SSSR count). The summed E-state index contributed by atoms with van der Waals surface area (Å²) in [6.45, 7) is 5.34. The minimum Gasteiger partial charge on any atom is -0.361 e. The maximum Gasteiger partial charge on any atom is 0.0460 e. The zero-order valence-corrected chi connectivity index (χ0v) is 12.4. The van der Waals surface area contributed by atoms with Gasteiger partial charge in [-0.15, -0.1) is 0 Å². The number of benzene rings is 1. The average Bonchev–Trinajstić information content (AvgIpc) is 3.16. The van der Waals surface area contributed by atoms with E-state index >= 15 is 0 Å². The molecule has 3 nitrogen and oxygen atoms in total. The summed E-state index contributed by atoms with van der Waals surface area (Å²) >= 11 is 0. The topological polar surface area (TPSA) is 40.2 Å². The van der Waals surface area contributed by atoms with Crippen LogP contribution in [0.5, 0.6) is 0 Å². The molecular weight excluding hydrogens is 258 g/mol. The second kappa shape index (κ2) is 6.10. The number of hydrogen-bond acceptors (Lipinski definition) is 2. The van der Waals surface area contributed by atoms with Crippen molar-refractivity contribution >= 4 is 22.7 Å². The van der Waals surface area contributed by atoms with Crippen LogP contribution in [0.3, 0.4) is 0 Å². The van der Waals surface area contributed by atoms with E-state index < -0.39 is 0 Å². The molecule has 2 N–H and O–H groups in total. The molecule has 0 amide bonds. The molecule has 1 aromatic carbocycles. The molecule has 0 saturated carbocycles. The predicted molar refractivity (Wildman–Crippen MR) is 90.9 cm³/mol. The van der Waals surface area contributed by atoms with Crippen LogP contribution in [-0.2, 0) is 0 Å². The van der Waals surface area contributed by atoms with Crippen LogP contribution in [0.2, 0.25) is 0 Å². The molecule has 0 aliphatic carbocycles. The fourth-order valence-corrected chi connectivity index (χ4v) is 2.96. The highest BCUT2D eigenvalue weighted by Crippen LogP contribution is 2.26. The van der Waals surface area contributed by atoms with E-state index in [1.54, 1.807) is 0 Å². The lowest BCUT2D eigenvalue weighted by atomic mass is 9.99. The van der Waals surface area contributed by atoms with Crippen LogP contribution in [0.1, 0.15) is 18.4 Å². The summed E-state index contributed by atoms with van der Waals surface area (Å²) in [6, 6.07) is 8.71. The third-order valence-corrected chi connectivity index (χ3v) is 4.02. The van der Waals surface area contributed by atoms with E-state index in [1.807, 2.05) is 25.5 Å². The van der Waals surface area contributed by atoms with E-state index in [0.29, 0.717) is 6.04 Å². The molecule has 0 radical (unpaired) electrons. The molecule has 1 fully saturated rings. The lowest BCUT2D eigenvalue weighted by molar-refractivity contribution is 0.712. The van der Waals surface area contributed by atoms with Crippen LogP contribution in [-0.4, -0.2) is 30.8 Å². The van der Waals surface area contributed by atoms with Crippen molar-refractivity contribution in [2.45, 2.75) is 18.9 Å². The summed E-state index contributed by atoms with van der Waals surface area (Å²) in [5.41, 5.74) is 4.54. The highest BCUT2D eigenvalue weighted by molar-refractivity contribution is 5.96. The Labute approximate surface area is 125 Å². The smallest absolute Gasteiger partial charge is 0.0460 e. The second-order valence-electron chi connectivity index (χ2n) is 5.45. The van der Waals surface area contributed by atoms with Crippen molar-refractivity contribution in [1.82, 2.24) is 10.3 Å². The minimum atomic E-state index is 0.399. The van der Waals surface area contributed by atoms with E-state index in [2.05, 4.69) is 46.1 Å². The highest BCUT2D eigenvalue weighted by Gasteiger charge is 2.17. The van der Waals surface area contributed by atoms with Crippen LogP contribution >= 0.6 is 0 Å². The molecule has 0 bridgehead atoms. The van der Waals surface area contributed by atoms with Gasteiger partial charge in [-0.05, 0) is 42.7 Å². The predicted octanol–water partition coefficient (Wildman–Crippen LogP) is 3.56. The third-order valence-electron chi connectivity index (χ3n) is 4.02. The zero-order chi connectivity index (χ0) is 14.7. The van der Waals surface area contributed by atoms with Gasteiger partial charge in [0.15, 0.2) is 0 Å². The van der Waals surface area contributed by atoms with Crippen molar-refractivity contribution in [3.63, 3.8) is 0 Å². The highest BCUT2D eigenvalue weighted by atomic mass is 14.9. The third kappa shape index (κ3) is 2.83. The molecule has 1 aliphatic rings. The van der Waals surface area contributed by atoms with Crippen LogP contribution in [0.25, 0.3) is 16.5 Å². The molecule has 1 atom stereocenters. The number of allylic oxidation sites excluding steroid dienone is 2. The van der Waals surface area contributed by atoms with E-state index in [0.717, 1.165) is 23.2 Å². The van der Waals surface area contributed by atoms with Gasteiger partial charge in [-0.3, -0.25) is 4.99 Å². The fourth-order valence-electron chi connectivity index (χ4n) is 2.96. The Balaban J connectivity index is 1.94. The van der Waals surface area contributed by atoms with E-state index in [9.17, 15) is 0 Å². The molecule has 108 valence electrons. The van der Waals surface area contributed by atoms with Gasteiger partial charge in [0.05, 0.1) is 0 Å². The average molecular weight is 279 g/mol. The van der Waals surface area contributed by atoms with Gasteiger partial charge in [-0.2, -0.15) is 0 Å². The van der Waals surface area contributed by atoms with Crippen molar-refractivity contribution in [3.05, 3.63) is 54.3 Å². The first-order chi connectivity index (χ1) is 10.3. The van der Waals surface area contributed by atoms with Gasteiger partial charge in [0.1, 0.15) is 0 Å². The Hall–Kier alpha value is -2.13. The number of para-hydroxylation sites is 1. The van der Waals surface area contributed by atoms with Gasteiger partial charge in [-0.25, -0.2) is 0 Å². The largest absolute Gasteiger partial charge is 0.361 e. The van der Waals surface area contributed by atoms with E-state index in [1.165, 1.54) is 23.8 Å². The van der Waals surface area contributed by atoms with E-state index in [4.69, 9.17) is 0 Å². The number of H-pyrrole nitrogens is 1. The standard InChI is InChI=1S/C18H21N3/c1-13(10-14(11-19-2)17-8-5-9-20-17)16-12-21-18-7-4-3-6-15(16)18/h3-4,6-7,10-12,17,20-21H,1,5,8-9H2,2H3/b14-10+,19-11?/t17-/m0/s1. The fraction of sp³-hybridized carbons (Fsp3) is 0.278. The lowest BCUT2D eigenvalue weighted by Crippen LogP contribution is -2.24. The Bertz CT molecular complexity index is 700. The molecular formula is C18H21N3. The van der Waals surface area contributed by atoms with Crippen molar-refractivity contribution in [1.29, 1.82) is 0 Å². The lowest BCUT2D eigenvalue weighted by Gasteiger charge is -2.12. The molecule has 2 aromatic rings. The van der Waals surface area contributed by atoms with Gasteiger partial charge in [0.2, 0.25) is 0 Å². The maximum absolute atomic E-state index is 4.25. The van der Waals surface area contributed by atoms with Crippen LogP contribution in [0.15, 0.2) is 53.7 Å². The Morgan fingerprint density at radius 2 is 2.24 bits per heavy atom. The molecule has 3 heteroatoms. The minimum absolute atomic E-state index is 0.399. The van der Waals surface area contributed by atoms with E-state index in [-0.39, 0.29) is 0 Å². The summed E-state index contributed by atoms with van der Waals surface area (Å²) in [4.78, 5) is 7.50. The van der Waals surface area contributed by atoms with Crippen LogP contribution in [0.4, 0.5) is 0 Å². The number of nitrogens with one attached hydrogen (secondary N) is 2. The molecule has 0 unspecified atom stereocenters. The molecule has 1 aliphatic heterocycles. The zero-order valence-electron chi connectivity index (χ0n) is 12.4. The summed E-state index contributed by atoms with van der Waals surface area (Å²) in [5, 5.41) is 4.73. The number of fused-ring (bicyclic) bond motifs is 1. The number of aromatic nitrogens is 1. The Morgan fingerprint density at radius 1 is 1.38 bits per heavy atom. The molecule has 1 aromatic heterocycles.